The molecule has 2 aromatic rings. The molecular formula is C18H12INO4S. The van der Waals surface area contributed by atoms with Crippen LogP contribution in [0.4, 0.5) is 4.79 Å². The van der Waals surface area contributed by atoms with E-state index in [1.54, 1.807) is 18.2 Å². The minimum atomic E-state index is -0.272. The Labute approximate surface area is 162 Å². The van der Waals surface area contributed by atoms with Crippen molar-refractivity contribution in [2.75, 3.05) is 6.79 Å². The summed E-state index contributed by atoms with van der Waals surface area (Å²) in [4.78, 5) is 26.5. The quantitative estimate of drug-likeness (QED) is 0.501. The molecule has 25 heavy (non-hydrogen) atoms. The van der Waals surface area contributed by atoms with Gasteiger partial charge in [-0.2, -0.15) is 0 Å². The Kier molecular flexibility index (Phi) is 4.43. The van der Waals surface area contributed by atoms with Gasteiger partial charge in [-0.3, -0.25) is 14.5 Å². The minimum Gasteiger partial charge on any atom is -0.454 e. The molecule has 7 heteroatoms. The van der Waals surface area contributed by atoms with E-state index in [0.717, 1.165) is 26.5 Å². The number of fused-ring (bicyclic) bond motifs is 1. The largest absolute Gasteiger partial charge is 0.454 e. The molecule has 0 aliphatic carbocycles. The highest BCUT2D eigenvalue weighted by atomic mass is 127. The van der Waals surface area contributed by atoms with Crippen molar-refractivity contribution >= 4 is 51.6 Å². The van der Waals surface area contributed by atoms with Gasteiger partial charge in [-0.1, -0.05) is 18.2 Å². The first-order chi connectivity index (χ1) is 12.1. The molecule has 0 N–H and O–H groups in total. The van der Waals surface area contributed by atoms with Gasteiger partial charge in [-0.15, -0.1) is 0 Å². The lowest BCUT2D eigenvalue weighted by Gasteiger charge is -2.12. The lowest BCUT2D eigenvalue weighted by Crippen LogP contribution is -2.27. The van der Waals surface area contributed by atoms with Crippen LogP contribution in [-0.2, 0) is 11.3 Å². The zero-order valence-electron chi connectivity index (χ0n) is 12.9. The normalized spacial score (nSPS) is 17.6. The molecule has 1 saturated heterocycles. The van der Waals surface area contributed by atoms with Crippen molar-refractivity contribution in [2.45, 2.75) is 6.54 Å². The maximum Gasteiger partial charge on any atom is 0.293 e. The molecule has 4 rings (SSSR count). The molecule has 126 valence electrons. The molecule has 2 amide bonds. The topological polar surface area (TPSA) is 55.8 Å². The van der Waals surface area contributed by atoms with E-state index < -0.39 is 0 Å². The second-order valence-electron chi connectivity index (χ2n) is 5.51. The highest BCUT2D eigenvalue weighted by Crippen LogP contribution is 2.36. The molecule has 2 aromatic carbocycles. The third-order valence-corrected chi connectivity index (χ3v) is 5.45. The number of halogens is 1. The molecule has 2 aliphatic rings. The van der Waals surface area contributed by atoms with Gasteiger partial charge in [0.15, 0.2) is 11.5 Å². The number of thioether (sulfide) groups is 1. The Balaban J connectivity index is 1.55. The molecule has 0 saturated carbocycles. The molecule has 5 nitrogen and oxygen atoms in total. The summed E-state index contributed by atoms with van der Waals surface area (Å²) < 4.78 is 11.7. The molecule has 0 atom stereocenters. The van der Waals surface area contributed by atoms with Crippen molar-refractivity contribution in [1.29, 1.82) is 0 Å². The lowest BCUT2D eigenvalue weighted by molar-refractivity contribution is -0.123. The zero-order valence-corrected chi connectivity index (χ0v) is 15.9. The number of hydrogen-bond donors (Lipinski definition) is 0. The summed E-state index contributed by atoms with van der Waals surface area (Å²) in [6, 6.07) is 13.2. The fourth-order valence-corrected chi connectivity index (χ4v) is 3.76. The van der Waals surface area contributed by atoms with E-state index in [-0.39, 0.29) is 24.5 Å². The number of imide groups is 1. The summed E-state index contributed by atoms with van der Waals surface area (Å²) >= 11 is 3.17. The van der Waals surface area contributed by atoms with Crippen LogP contribution in [-0.4, -0.2) is 22.8 Å². The van der Waals surface area contributed by atoms with Crippen LogP contribution in [0.25, 0.3) is 6.08 Å². The number of carbonyl (C=O) groups excluding carboxylic acids is 2. The van der Waals surface area contributed by atoms with Crippen LogP contribution in [0.15, 0.2) is 47.4 Å². The standard InChI is InChI=1S/C18H12INO4S/c19-13-4-1-11(2-5-13)9-20-17(21)16(25-18(20)22)8-12-3-6-14-15(7-12)24-10-23-14/h1-8H,9-10H2/b16-8+. The number of ether oxygens (including phenoxy) is 2. The van der Waals surface area contributed by atoms with Crippen LogP contribution in [0.1, 0.15) is 11.1 Å². The van der Waals surface area contributed by atoms with Crippen molar-refractivity contribution in [3.8, 4) is 11.5 Å². The Hall–Kier alpha value is -2.00. The fourth-order valence-electron chi connectivity index (χ4n) is 2.56. The number of benzene rings is 2. The van der Waals surface area contributed by atoms with Crippen LogP contribution < -0.4 is 9.47 Å². The molecule has 0 aromatic heterocycles. The predicted octanol–water partition coefficient (Wildman–Crippen LogP) is 4.26. The predicted molar refractivity (Wildman–Crippen MR) is 103 cm³/mol. The number of carbonyl (C=O) groups is 2. The molecule has 1 fully saturated rings. The zero-order chi connectivity index (χ0) is 17.4. The van der Waals surface area contributed by atoms with Gasteiger partial charge in [0.2, 0.25) is 6.79 Å². The van der Waals surface area contributed by atoms with E-state index in [9.17, 15) is 9.59 Å². The molecule has 0 spiro atoms. The van der Waals surface area contributed by atoms with E-state index >= 15 is 0 Å². The van der Waals surface area contributed by atoms with Gasteiger partial charge in [0, 0.05) is 3.57 Å². The average Bonchev–Trinajstić information content (AvgIpc) is 3.16. The van der Waals surface area contributed by atoms with Gasteiger partial charge >= 0.3 is 0 Å². The average molecular weight is 465 g/mol. The van der Waals surface area contributed by atoms with Crippen LogP contribution >= 0.6 is 34.4 Å². The number of amides is 2. The molecule has 2 heterocycles. The van der Waals surface area contributed by atoms with Gasteiger partial charge < -0.3 is 9.47 Å². The van der Waals surface area contributed by atoms with E-state index in [1.165, 1.54) is 4.90 Å². The molecule has 0 bridgehead atoms. The summed E-state index contributed by atoms with van der Waals surface area (Å²) in [5, 5.41) is -0.254. The number of rotatable bonds is 3. The van der Waals surface area contributed by atoms with Crippen molar-refractivity contribution in [3.05, 3.63) is 62.1 Å². The maximum absolute atomic E-state index is 12.6. The Morgan fingerprint density at radius 1 is 1.08 bits per heavy atom. The van der Waals surface area contributed by atoms with Crippen molar-refractivity contribution in [2.24, 2.45) is 0 Å². The second kappa shape index (κ2) is 6.72. The van der Waals surface area contributed by atoms with E-state index in [4.69, 9.17) is 9.47 Å². The maximum atomic E-state index is 12.6. The summed E-state index contributed by atoms with van der Waals surface area (Å²) in [5.74, 6) is 1.06. The third-order valence-electron chi connectivity index (χ3n) is 3.82. The summed E-state index contributed by atoms with van der Waals surface area (Å²) in [6.45, 7) is 0.478. The first-order valence-corrected chi connectivity index (χ1v) is 9.39. The van der Waals surface area contributed by atoms with Crippen LogP contribution in [0, 0.1) is 3.57 Å². The molecule has 0 radical (unpaired) electrons. The van der Waals surface area contributed by atoms with Gasteiger partial charge in [-0.05, 0) is 75.8 Å². The first kappa shape index (κ1) is 16.5. The van der Waals surface area contributed by atoms with E-state index in [1.807, 2.05) is 30.3 Å². The summed E-state index contributed by atoms with van der Waals surface area (Å²) in [6.07, 6.45) is 1.71. The monoisotopic (exact) mass is 465 g/mol. The van der Waals surface area contributed by atoms with Crippen molar-refractivity contribution in [1.82, 2.24) is 4.90 Å². The Morgan fingerprint density at radius 3 is 2.64 bits per heavy atom. The second-order valence-corrected chi connectivity index (χ2v) is 7.75. The lowest BCUT2D eigenvalue weighted by atomic mass is 10.2. The van der Waals surface area contributed by atoms with Gasteiger partial charge in [-0.25, -0.2) is 0 Å². The summed E-state index contributed by atoms with van der Waals surface area (Å²) in [5.41, 5.74) is 1.72. The van der Waals surface area contributed by atoms with Gasteiger partial charge in [0.25, 0.3) is 11.1 Å². The van der Waals surface area contributed by atoms with E-state index in [0.29, 0.717) is 16.4 Å². The van der Waals surface area contributed by atoms with Gasteiger partial charge in [0.05, 0.1) is 11.4 Å². The third kappa shape index (κ3) is 3.38. The van der Waals surface area contributed by atoms with Crippen molar-refractivity contribution in [3.63, 3.8) is 0 Å². The van der Waals surface area contributed by atoms with Crippen LogP contribution in [0.3, 0.4) is 0 Å². The van der Waals surface area contributed by atoms with Gasteiger partial charge in [0.1, 0.15) is 0 Å². The molecule has 0 unspecified atom stereocenters. The number of nitrogens with zero attached hydrogens (tertiary/aromatic N) is 1. The summed E-state index contributed by atoms with van der Waals surface area (Å²) in [7, 11) is 0. The fraction of sp³-hybridized carbons (Fsp3) is 0.111. The SMILES string of the molecule is O=C1S/C(=C/c2ccc3c(c2)OCO3)C(=O)N1Cc1ccc(I)cc1. The molecule has 2 aliphatic heterocycles. The minimum absolute atomic E-state index is 0.200. The highest BCUT2D eigenvalue weighted by molar-refractivity contribution is 14.1. The van der Waals surface area contributed by atoms with Crippen LogP contribution in [0.2, 0.25) is 0 Å². The smallest absolute Gasteiger partial charge is 0.293 e. The Bertz CT molecular complexity index is 894. The first-order valence-electron chi connectivity index (χ1n) is 7.49. The number of hydrogen-bond acceptors (Lipinski definition) is 5. The van der Waals surface area contributed by atoms with E-state index in [2.05, 4.69) is 22.6 Å². The Morgan fingerprint density at radius 2 is 1.84 bits per heavy atom. The molecular weight excluding hydrogens is 453 g/mol. The van der Waals surface area contributed by atoms with Crippen LogP contribution in [0.5, 0.6) is 11.5 Å². The van der Waals surface area contributed by atoms with Crippen molar-refractivity contribution < 1.29 is 19.1 Å². The highest BCUT2D eigenvalue weighted by Gasteiger charge is 2.35.